The van der Waals surface area contributed by atoms with Crippen molar-refractivity contribution in [2.75, 3.05) is 25.2 Å². The van der Waals surface area contributed by atoms with Crippen LogP contribution in [0.3, 0.4) is 0 Å². The number of halogens is 1. The van der Waals surface area contributed by atoms with Crippen molar-refractivity contribution < 1.29 is 28.7 Å². The van der Waals surface area contributed by atoms with Crippen molar-refractivity contribution in [2.45, 2.75) is 18.9 Å². The van der Waals surface area contributed by atoms with Crippen LogP contribution in [0.25, 0.3) is 0 Å². The van der Waals surface area contributed by atoms with E-state index in [1.165, 1.54) is 6.07 Å². The molecule has 1 fully saturated rings. The number of nitrogens with zero attached hydrogens (tertiary/aromatic N) is 1. The number of imide groups is 2. The zero-order valence-electron chi connectivity index (χ0n) is 13.8. The van der Waals surface area contributed by atoms with Crippen LogP contribution in [0, 0.1) is 0 Å². The summed E-state index contributed by atoms with van der Waals surface area (Å²) >= 11 is 3.25. The molecule has 1 N–H and O–H groups in total. The Hall–Kier alpha value is -2.26. The van der Waals surface area contributed by atoms with Gasteiger partial charge in [0.1, 0.15) is 18.4 Å². The van der Waals surface area contributed by atoms with Crippen molar-refractivity contribution in [1.29, 1.82) is 0 Å². The van der Waals surface area contributed by atoms with E-state index >= 15 is 0 Å². The second-order valence-electron chi connectivity index (χ2n) is 5.78. The van der Waals surface area contributed by atoms with Gasteiger partial charge in [0.05, 0.1) is 24.3 Å². The minimum atomic E-state index is -0.991. The zero-order valence-corrected chi connectivity index (χ0v) is 15.4. The van der Waals surface area contributed by atoms with Gasteiger partial charge in [0.2, 0.25) is 11.8 Å². The first kappa shape index (κ1) is 18.5. The Morgan fingerprint density at radius 3 is 2.65 bits per heavy atom. The molecule has 3 rings (SSSR count). The maximum absolute atomic E-state index is 12.8. The van der Waals surface area contributed by atoms with Gasteiger partial charge >= 0.3 is 0 Å². The lowest BCUT2D eigenvalue weighted by Crippen LogP contribution is -2.54. The summed E-state index contributed by atoms with van der Waals surface area (Å²) in [4.78, 5) is 49.8. The molecule has 0 saturated carbocycles. The minimum absolute atomic E-state index is 0.0814. The molecule has 138 valence electrons. The molecule has 4 amide bonds. The van der Waals surface area contributed by atoms with Crippen molar-refractivity contribution in [2.24, 2.45) is 0 Å². The molecule has 0 radical (unpaired) electrons. The number of amides is 4. The smallest absolute Gasteiger partial charge is 0.266 e. The van der Waals surface area contributed by atoms with Crippen molar-refractivity contribution in [3.8, 4) is 5.75 Å². The van der Waals surface area contributed by atoms with E-state index in [-0.39, 0.29) is 36.3 Å². The van der Waals surface area contributed by atoms with Crippen LogP contribution in [0.5, 0.6) is 5.75 Å². The first-order valence-electron chi connectivity index (χ1n) is 8.15. The van der Waals surface area contributed by atoms with Crippen molar-refractivity contribution in [3.63, 3.8) is 0 Å². The van der Waals surface area contributed by atoms with Crippen LogP contribution in [0.1, 0.15) is 33.6 Å². The molecule has 26 heavy (non-hydrogen) atoms. The molecule has 1 aromatic carbocycles. The Bertz CT molecular complexity index is 766. The summed E-state index contributed by atoms with van der Waals surface area (Å²) < 4.78 is 10.9. The van der Waals surface area contributed by atoms with Crippen LogP contribution in [0.2, 0.25) is 0 Å². The predicted octanol–water partition coefficient (Wildman–Crippen LogP) is 0.878. The van der Waals surface area contributed by atoms with Crippen LogP contribution in [-0.4, -0.2) is 59.7 Å². The quantitative estimate of drug-likeness (QED) is 0.396. The average Bonchev–Trinajstić information content (AvgIpc) is 2.87. The maximum Gasteiger partial charge on any atom is 0.266 e. The van der Waals surface area contributed by atoms with Gasteiger partial charge in [-0.25, -0.2) is 0 Å². The van der Waals surface area contributed by atoms with E-state index < -0.39 is 29.7 Å². The highest BCUT2D eigenvalue weighted by atomic mass is 79.9. The van der Waals surface area contributed by atoms with Gasteiger partial charge in [-0.15, -0.1) is 0 Å². The minimum Gasteiger partial charge on any atom is -0.490 e. The molecule has 2 aliphatic rings. The van der Waals surface area contributed by atoms with E-state index in [1.54, 1.807) is 12.1 Å². The molecule has 1 aromatic rings. The molecule has 1 unspecified atom stereocenters. The average molecular weight is 425 g/mol. The standard InChI is InChI=1S/C17H17BrN2O6/c18-6-7-25-8-9-26-12-3-1-2-10-14(12)17(24)20(16(10)23)11-4-5-13(21)19-15(11)22/h1-3,11H,4-9H2,(H,19,21,22). The number of ether oxygens (including phenoxy) is 2. The fourth-order valence-corrected chi connectivity index (χ4v) is 3.20. The SMILES string of the molecule is O=C1CCC(N2C(=O)c3cccc(OCCOCCBr)c3C2=O)C(=O)N1. The van der Waals surface area contributed by atoms with Gasteiger partial charge in [0.15, 0.2) is 0 Å². The Kier molecular flexibility index (Phi) is 5.67. The Balaban J connectivity index is 1.78. The highest BCUT2D eigenvalue weighted by molar-refractivity contribution is 9.09. The van der Waals surface area contributed by atoms with E-state index in [0.717, 1.165) is 4.90 Å². The lowest BCUT2D eigenvalue weighted by atomic mass is 10.0. The summed E-state index contributed by atoms with van der Waals surface area (Å²) in [6.07, 6.45) is 0.199. The van der Waals surface area contributed by atoms with E-state index in [2.05, 4.69) is 21.2 Å². The number of hydrogen-bond acceptors (Lipinski definition) is 6. The lowest BCUT2D eigenvalue weighted by Gasteiger charge is -2.27. The maximum atomic E-state index is 12.8. The van der Waals surface area contributed by atoms with Crippen LogP contribution in [-0.2, 0) is 14.3 Å². The topological polar surface area (TPSA) is 102 Å². The molecule has 8 nitrogen and oxygen atoms in total. The molecule has 9 heteroatoms. The lowest BCUT2D eigenvalue weighted by molar-refractivity contribution is -0.136. The number of hydrogen-bond donors (Lipinski definition) is 1. The summed E-state index contributed by atoms with van der Waals surface area (Å²) in [6.45, 7) is 1.11. The van der Waals surface area contributed by atoms with E-state index in [0.29, 0.717) is 18.5 Å². The zero-order chi connectivity index (χ0) is 18.7. The largest absolute Gasteiger partial charge is 0.490 e. The molecule has 0 aromatic heterocycles. The van der Waals surface area contributed by atoms with Gasteiger partial charge in [-0.3, -0.25) is 29.4 Å². The summed E-state index contributed by atoms with van der Waals surface area (Å²) in [5.74, 6) is -1.91. The molecule has 2 aliphatic heterocycles. The highest BCUT2D eigenvalue weighted by Crippen LogP contribution is 2.33. The third-order valence-electron chi connectivity index (χ3n) is 4.14. The molecule has 0 bridgehead atoms. The fourth-order valence-electron chi connectivity index (χ4n) is 2.97. The van der Waals surface area contributed by atoms with Gasteiger partial charge in [-0.2, -0.15) is 0 Å². The Labute approximate surface area is 157 Å². The van der Waals surface area contributed by atoms with Crippen molar-refractivity contribution in [3.05, 3.63) is 29.3 Å². The predicted molar refractivity (Wildman–Crippen MR) is 93.2 cm³/mol. The second-order valence-corrected chi connectivity index (χ2v) is 6.57. The molecule has 1 saturated heterocycles. The Morgan fingerprint density at radius 1 is 1.12 bits per heavy atom. The van der Waals surface area contributed by atoms with Gasteiger partial charge in [-0.1, -0.05) is 22.0 Å². The fraction of sp³-hybridized carbons (Fsp3) is 0.412. The summed E-state index contributed by atoms with van der Waals surface area (Å²) in [5.41, 5.74) is 0.335. The van der Waals surface area contributed by atoms with Gasteiger partial charge in [0.25, 0.3) is 11.8 Å². The van der Waals surface area contributed by atoms with Gasteiger partial charge in [0, 0.05) is 11.8 Å². The Morgan fingerprint density at radius 2 is 1.92 bits per heavy atom. The summed E-state index contributed by atoms with van der Waals surface area (Å²) in [5, 5.41) is 2.88. The van der Waals surface area contributed by atoms with Crippen molar-refractivity contribution in [1.82, 2.24) is 10.2 Å². The third-order valence-corrected chi connectivity index (χ3v) is 4.46. The number of rotatable bonds is 7. The van der Waals surface area contributed by atoms with E-state index in [9.17, 15) is 19.2 Å². The molecular formula is C17H17BrN2O6. The first-order valence-corrected chi connectivity index (χ1v) is 9.28. The van der Waals surface area contributed by atoms with E-state index in [4.69, 9.17) is 9.47 Å². The normalized spacial score (nSPS) is 19.6. The number of fused-ring (bicyclic) bond motifs is 1. The molecule has 1 atom stereocenters. The number of alkyl halides is 1. The second kappa shape index (κ2) is 7.96. The molecular weight excluding hydrogens is 408 g/mol. The number of piperidine rings is 1. The first-order chi connectivity index (χ1) is 12.5. The number of benzene rings is 1. The highest BCUT2D eigenvalue weighted by Gasteiger charge is 2.45. The third kappa shape index (κ3) is 3.49. The summed E-state index contributed by atoms with van der Waals surface area (Å²) in [6, 6.07) is 3.75. The number of nitrogens with one attached hydrogen (secondary N) is 1. The molecule has 0 aliphatic carbocycles. The van der Waals surface area contributed by atoms with E-state index in [1.807, 2.05) is 0 Å². The van der Waals surface area contributed by atoms with Crippen LogP contribution in [0.15, 0.2) is 18.2 Å². The number of carbonyl (C=O) groups excluding carboxylic acids is 4. The van der Waals surface area contributed by atoms with Crippen LogP contribution >= 0.6 is 15.9 Å². The summed E-state index contributed by atoms with van der Waals surface area (Å²) in [7, 11) is 0. The van der Waals surface area contributed by atoms with Gasteiger partial charge in [-0.05, 0) is 18.6 Å². The number of carbonyl (C=O) groups is 4. The monoisotopic (exact) mass is 424 g/mol. The van der Waals surface area contributed by atoms with Crippen molar-refractivity contribution >= 4 is 39.6 Å². The molecule has 0 spiro atoms. The molecule has 2 heterocycles. The van der Waals surface area contributed by atoms with Gasteiger partial charge < -0.3 is 9.47 Å². The van der Waals surface area contributed by atoms with Crippen LogP contribution < -0.4 is 10.1 Å². The van der Waals surface area contributed by atoms with Crippen LogP contribution in [0.4, 0.5) is 0 Å².